The molecule has 116 valence electrons. The molecule has 1 aliphatic heterocycles. The van der Waals surface area contributed by atoms with Crippen molar-refractivity contribution >= 4 is 0 Å². The second-order valence-electron chi connectivity index (χ2n) is 7.14. The Morgan fingerprint density at radius 1 is 1.30 bits per heavy atom. The molecule has 4 aliphatic rings. The van der Waals surface area contributed by atoms with Crippen molar-refractivity contribution in [2.75, 3.05) is 0 Å². The molecule has 2 aromatic heterocycles. The molecule has 0 N–H and O–H groups in total. The Morgan fingerprint density at radius 3 is 2.87 bits per heavy atom. The van der Waals surface area contributed by atoms with Crippen LogP contribution in [0.5, 0.6) is 0 Å². The molecule has 3 saturated carbocycles. The fourth-order valence-corrected chi connectivity index (χ4v) is 4.79. The summed E-state index contributed by atoms with van der Waals surface area (Å²) in [4.78, 5) is 21.5. The van der Waals surface area contributed by atoms with Crippen LogP contribution < -0.4 is 5.69 Å². The van der Waals surface area contributed by atoms with E-state index < -0.39 is 0 Å². The van der Waals surface area contributed by atoms with Crippen molar-refractivity contribution in [2.24, 2.45) is 5.41 Å². The topological polar surface area (TPSA) is 89.4 Å². The van der Waals surface area contributed by atoms with Crippen molar-refractivity contribution in [3.63, 3.8) is 0 Å². The first-order valence-electron chi connectivity index (χ1n) is 8.05. The Bertz CT molecular complexity index is 884. The van der Waals surface area contributed by atoms with Crippen LogP contribution in [0.1, 0.15) is 49.7 Å². The minimum Gasteiger partial charge on any atom is -0.270 e. The fraction of sp³-hybridized carbons (Fsp3) is 0.562. The summed E-state index contributed by atoms with van der Waals surface area (Å²) in [5.41, 5.74) is 0.327. The lowest BCUT2D eigenvalue weighted by molar-refractivity contribution is 0.0828. The van der Waals surface area contributed by atoms with Crippen molar-refractivity contribution in [3.8, 4) is 6.07 Å². The van der Waals surface area contributed by atoms with Crippen LogP contribution in [0.4, 0.5) is 0 Å². The monoisotopic (exact) mass is 308 g/mol. The van der Waals surface area contributed by atoms with E-state index in [9.17, 15) is 10.1 Å². The molecule has 6 rings (SSSR count). The van der Waals surface area contributed by atoms with Gasteiger partial charge in [0.05, 0.1) is 35.0 Å². The summed E-state index contributed by atoms with van der Waals surface area (Å²) in [6.45, 7) is 0. The van der Waals surface area contributed by atoms with Gasteiger partial charge in [-0.2, -0.15) is 10.4 Å². The maximum atomic E-state index is 13.0. The van der Waals surface area contributed by atoms with E-state index in [1.165, 1.54) is 0 Å². The number of aryl methyl sites for hydroxylation is 1. The van der Waals surface area contributed by atoms with E-state index in [1.807, 2.05) is 0 Å². The van der Waals surface area contributed by atoms with Crippen molar-refractivity contribution in [1.82, 2.24) is 24.3 Å². The molecule has 0 saturated heterocycles. The summed E-state index contributed by atoms with van der Waals surface area (Å²) in [6, 6.07) is 2.37. The normalized spacial score (nSPS) is 34.0. The van der Waals surface area contributed by atoms with Gasteiger partial charge in [-0.05, 0) is 32.1 Å². The predicted octanol–water partition coefficient (Wildman–Crippen LogP) is 1.16. The summed E-state index contributed by atoms with van der Waals surface area (Å²) in [5, 5.41) is 14.0. The van der Waals surface area contributed by atoms with Crippen LogP contribution in [0.15, 0.2) is 23.4 Å². The van der Waals surface area contributed by atoms with Gasteiger partial charge in [0.25, 0.3) is 0 Å². The maximum Gasteiger partial charge on any atom is 0.347 e. The Labute approximate surface area is 132 Å². The summed E-state index contributed by atoms with van der Waals surface area (Å²) in [5.74, 6) is 0.835. The second-order valence-corrected chi connectivity index (χ2v) is 7.14. The highest BCUT2D eigenvalue weighted by atomic mass is 16.2. The SMILES string of the molecule is N#CC12CCC(n3nc4n(c3=O)[C@H](c3cnccn3)CC4)(C1)C2. The van der Waals surface area contributed by atoms with Gasteiger partial charge in [-0.25, -0.2) is 9.48 Å². The van der Waals surface area contributed by atoms with E-state index in [0.29, 0.717) is 0 Å². The minimum atomic E-state index is -0.225. The third-order valence-electron chi connectivity index (χ3n) is 5.85. The third-order valence-corrected chi connectivity index (χ3v) is 5.85. The number of nitrogens with zero attached hydrogens (tertiary/aromatic N) is 6. The first-order chi connectivity index (χ1) is 11.2. The van der Waals surface area contributed by atoms with Gasteiger partial charge in [0.15, 0.2) is 0 Å². The molecule has 2 bridgehead atoms. The van der Waals surface area contributed by atoms with Crippen molar-refractivity contribution in [1.29, 1.82) is 5.26 Å². The number of hydrogen-bond donors (Lipinski definition) is 0. The molecular formula is C16H16N6O. The van der Waals surface area contributed by atoms with Crippen LogP contribution in [-0.2, 0) is 12.0 Å². The zero-order valence-corrected chi connectivity index (χ0v) is 12.6. The van der Waals surface area contributed by atoms with Crippen molar-refractivity contribution in [2.45, 2.75) is 50.1 Å². The van der Waals surface area contributed by atoms with E-state index >= 15 is 0 Å². The molecule has 7 nitrogen and oxygen atoms in total. The summed E-state index contributed by atoms with van der Waals surface area (Å²) >= 11 is 0. The van der Waals surface area contributed by atoms with Crippen molar-refractivity contribution < 1.29 is 0 Å². The fourth-order valence-electron chi connectivity index (χ4n) is 4.79. The molecule has 3 aliphatic carbocycles. The smallest absolute Gasteiger partial charge is 0.270 e. The molecule has 0 amide bonds. The van der Waals surface area contributed by atoms with E-state index in [2.05, 4.69) is 21.1 Å². The van der Waals surface area contributed by atoms with Crippen molar-refractivity contribution in [3.05, 3.63) is 40.6 Å². The molecule has 1 atom stereocenters. The van der Waals surface area contributed by atoms with E-state index in [0.717, 1.165) is 50.0 Å². The Morgan fingerprint density at radius 2 is 2.17 bits per heavy atom. The Hall–Kier alpha value is -2.49. The highest BCUT2D eigenvalue weighted by Gasteiger charge is 2.64. The molecule has 0 spiro atoms. The van der Waals surface area contributed by atoms with Gasteiger partial charge < -0.3 is 0 Å². The van der Waals surface area contributed by atoms with E-state index in [1.54, 1.807) is 27.8 Å². The molecule has 0 unspecified atom stereocenters. The number of aromatic nitrogens is 5. The quantitative estimate of drug-likeness (QED) is 0.830. The Balaban J connectivity index is 1.57. The van der Waals surface area contributed by atoms with Gasteiger partial charge in [0.2, 0.25) is 0 Å². The van der Waals surface area contributed by atoms with Crippen LogP contribution in [0.25, 0.3) is 0 Å². The molecule has 3 heterocycles. The highest BCUT2D eigenvalue weighted by molar-refractivity contribution is 5.23. The first-order valence-corrected chi connectivity index (χ1v) is 8.05. The van der Waals surface area contributed by atoms with Crippen LogP contribution in [0.2, 0.25) is 0 Å². The first kappa shape index (κ1) is 13.0. The summed E-state index contributed by atoms with van der Waals surface area (Å²) < 4.78 is 3.46. The number of nitriles is 1. The van der Waals surface area contributed by atoms with Gasteiger partial charge in [-0.15, -0.1) is 0 Å². The second kappa shape index (κ2) is 4.07. The van der Waals surface area contributed by atoms with Gasteiger partial charge in [0, 0.05) is 18.8 Å². The summed E-state index contributed by atoms with van der Waals surface area (Å²) in [6.07, 6.45) is 9.94. The lowest BCUT2D eigenvalue weighted by atomic mass is 9.66. The number of rotatable bonds is 2. The lowest BCUT2D eigenvalue weighted by Crippen LogP contribution is -2.50. The molecule has 0 radical (unpaired) electrons. The standard InChI is InChI=1S/C16H16N6O/c17-10-15-3-4-16(8-15,9-15)22-14(23)21-12(1-2-13(21)20-22)11-7-18-5-6-19-11/h5-7,12H,1-4,8-9H2/t12-,15?,16?/m0/s1. The van der Waals surface area contributed by atoms with Gasteiger partial charge >= 0.3 is 5.69 Å². The summed E-state index contributed by atoms with van der Waals surface area (Å²) in [7, 11) is 0. The molecule has 0 aromatic carbocycles. The van der Waals surface area contributed by atoms with E-state index in [4.69, 9.17) is 0 Å². The number of hydrogen-bond acceptors (Lipinski definition) is 5. The highest BCUT2D eigenvalue weighted by Crippen LogP contribution is 2.64. The molecule has 2 aromatic rings. The number of fused-ring (bicyclic) bond motifs is 2. The zero-order valence-electron chi connectivity index (χ0n) is 12.6. The average Bonchev–Trinajstić information content (AvgIpc) is 3.27. The van der Waals surface area contributed by atoms with E-state index in [-0.39, 0.29) is 22.7 Å². The van der Waals surface area contributed by atoms with Gasteiger partial charge in [0.1, 0.15) is 5.82 Å². The Kier molecular flexibility index (Phi) is 2.30. The maximum absolute atomic E-state index is 13.0. The van der Waals surface area contributed by atoms with Crippen LogP contribution >= 0.6 is 0 Å². The van der Waals surface area contributed by atoms with Crippen LogP contribution in [0, 0.1) is 16.7 Å². The average molecular weight is 308 g/mol. The minimum absolute atomic E-state index is 0.0541. The third kappa shape index (κ3) is 1.53. The van der Waals surface area contributed by atoms with Crippen LogP contribution in [-0.4, -0.2) is 24.3 Å². The lowest BCUT2D eigenvalue weighted by Gasteiger charge is -2.42. The molecule has 23 heavy (non-hydrogen) atoms. The largest absolute Gasteiger partial charge is 0.347 e. The molecular weight excluding hydrogens is 292 g/mol. The predicted molar refractivity (Wildman–Crippen MR) is 79.5 cm³/mol. The molecule has 3 fully saturated rings. The zero-order chi connectivity index (χ0) is 15.7. The molecule has 7 heteroatoms. The van der Waals surface area contributed by atoms with Gasteiger partial charge in [-0.3, -0.25) is 14.5 Å². The van der Waals surface area contributed by atoms with Gasteiger partial charge in [-0.1, -0.05) is 0 Å². The van der Waals surface area contributed by atoms with Crippen LogP contribution in [0.3, 0.4) is 0 Å².